The highest BCUT2D eigenvalue weighted by atomic mass is 79.9. The van der Waals surface area contributed by atoms with Crippen LogP contribution in [-0.2, 0) is 10.0 Å². The second kappa shape index (κ2) is 5.44. The van der Waals surface area contributed by atoms with Gasteiger partial charge in [0.2, 0.25) is 0 Å². The molecule has 0 radical (unpaired) electrons. The third kappa shape index (κ3) is 3.43. The molecule has 1 heterocycles. The fourth-order valence-electron chi connectivity index (χ4n) is 1.29. The van der Waals surface area contributed by atoms with Crippen molar-refractivity contribution >= 4 is 43.4 Å². The van der Waals surface area contributed by atoms with E-state index < -0.39 is 15.8 Å². The van der Waals surface area contributed by atoms with Gasteiger partial charge in [0.25, 0.3) is 10.0 Å². The van der Waals surface area contributed by atoms with Crippen molar-refractivity contribution in [3.63, 3.8) is 0 Å². The highest BCUT2D eigenvalue weighted by Crippen LogP contribution is 2.23. The lowest BCUT2D eigenvalue weighted by Crippen LogP contribution is -2.14. The van der Waals surface area contributed by atoms with E-state index in [0.717, 1.165) is 12.3 Å². The second-order valence-corrected chi connectivity index (χ2v) is 6.52. The van der Waals surface area contributed by atoms with Gasteiger partial charge in [0.1, 0.15) is 5.82 Å². The van der Waals surface area contributed by atoms with E-state index in [1.807, 2.05) is 0 Å². The molecule has 0 aliphatic rings. The summed E-state index contributed by atoms with van der Waals surface area (Å²) >= 11 is 8.72. The average molecular weight is 366 g/mol. The first-order valence-electron chi connectivity index (χ1n) is 4.98. The quantitative estimate of drug-likeness (QED) is 0.906. The van der Waals surface area contributed by atoms with Gasteiger partial charge in [-0.05, 0) is 46.3 Å². The van der Waals surface area contributed by atoms with E-state index >= 15 is 0 Å². The normalized spacial score (nSPS) is 11.3. The lowest BCUT2D eigenvalue weighted by Gasteiger charge is -2.08. The molecule has 0 spiro atoms. The molecule has 0 amide bonds. The van der Waals surface area contributed by atoms with Gasteiger partial charge in [-0.3, -0.25) is 4.72 Å². The summed E-state index contributed by atoms with van der Waals surface area (Å²) in [5, 5.41) is 0.431. The molecule has 19 heavy (non-hydrogen) atoms. The van der Waals surface area contributed by atoms with Crippen LogP contribution in [0.2, 0.25) is 5.02 Å². The van der Waals surface area contributed by atoms with E-state index in [4.69, 9.17) is 11.6 Å². The van der Waals surface area contributed by atoms with Crippen molar-refractivity contribution in [1.29, 1.82) is 0 Å². The highest BCUT2D eigenvalue weighted by molar-refractivity contribution is 9.10. The summed E-state index contributed by atoms with van der Waals surface area (Å²) in [7, 11) is -3.79. The van der Waals surface area contributed by atoms with Crippen LogP contribution in [0.5, 0.6) is 0 Å². The van der Waals surface area contributed by atoms with E-state index in [2.05, 4.69) is 25.6 Å². The predicted octanol–water partition coefficient (Wildman–Crippen LogP) is 3.44. The Morgan fingerprint density at radius 3 is 2.47 bits per heavy atom. The van der Waals surface area contributed by atoms with E-state index in [9.17, 15) is 12.8 Å². The van der Waals surface area contributed by atoms with Crippen molar-refractivity contribution in [3.8, 4) is 0 Å². The van der Waals surface area contributed by atoms with Gasteiger partial charge in [-0.15, -0.1) is 0 Å². The maximum atomic E-state index is 12.9. The first-order valence-corrected chi connectivity index (χ1v) is 7.63. The fourth-order valence-corrected chi connectivity index (χ4v) is 3.00. The van der Waals surface area contributed by atoms with Crippen LogP contribution < -0.4 is 4.72 Å². The van der Waals surface area contributed by atoms with Crippen LogP contribution in [0.15, 0.2) is 45.9 Å². The molecule has 2 aromatic rings. The first kappa shape index (κ1) is 14.2. The van der Waals surface area contributed by atoms with Gasteiger partial charge in [0, 0.05) is 5.02 Å². The third-order valence-electron chi connectivity index (χ3n) is 2.16. The topological polar surface area (TPSA) is 59.1 Å². The Bertz CT molecular complexity index is 707. The highest BCUT2D eigenvalue weighted by Gasteiger charge is 2.16. The first-order chi connectivity index (χ1) is 8.88. The molecular formula is C11H7BrClFN2O2S. The molecule has 0 saturated carbocycles. The van der Waals surface area contributed by atoms with Crippen molar-refractivity contribution in [2.24, 2.45) is 0 Å². The molecule has 0 fully saturated rings. The summed E-state index contributed by atoms with van der Waals surface area (Å²) in [6.45, 7) is 0. The van der Waals surface area contributed by atoms with Crippen molar-refractivity contribution < 1.29 is 12.8 Å². The van der Waals surface area contributed by atoms with Crippen LogP contribution in [0.1, 0.15) is 0 Å². The molecule has 0 saturated heterocycles. The number of rotatable bonds is 3. The van der Waals surface area contributed by atoms with E-state index in [-0.39, 0.29) is 15.2 Å². The van der Waals surface area contributed by atoms with Gasteiger partial charge in [0.05, 0.1) is 15.6 Å². The Morgan fingerprint density at radius 2 is 1.89 bits per heavy atom. The Labute approximate surface area is 122 Å². The number of nitrogens with one attached hydrogen (secondary N) is 1. The maximum Gasteiger partial charge on any atom is 0.263 e. The zero-order chi connectivity index (χ0) is 14.0. The number of pyridine rings is 1. The summed E-state index contributed by atoms with van der Waals surface area (Å²) in [6, 6.07) is 6.77. The Balaban J connectivity index is 2.33. The summed E-state index contributed by atoms with van der Waals surface area (Å²) in [4.78, 5) is 3.70. The number of hydrogen-bond donors (Lipinski definition) is 1. The summed E-state index contributed by atoms with van der Waals surface area (Å²) in [5.41, 5.74) is 0. The number of halogens is 3. The van der Waals surface area contributed by atoms with Crippen molar-refractivity contribution in [3.05, 3.63) is 51.8 Å². The van der Waals surface area contributed by atoms with E-state index in [1.165, 1.54) is 24.3 Å². The minimum atomic E-state index is -3.79. The lowest BCUT2D eigenvalue weighted by atomic mass is 10.4. The molecule has 4 nitrogen and oxygen atoms in total. The molecular weight excluding hydrogens is 359 g/mol. The van der Waals surface area contributed by atoms with Crippen molar-refractivity contribution in [2.45, 2.75) is 4.90 Å². The van der Waals surface area contributed by atoms with Gasteiger partial charge in [-0.1, -0.05) is 11.6 Å². The smallest absolute Gasteiger partial charge is 0.262 e. The van der Waals surface area contributed by atoms with Crippen molar-refractivity contribution in [2.75, 3.05) is 4.72 Å². The minimum Gasteiger partial charge on any atom is -0.262 e. The van der Waals surface area contributed by atoms with Crippen LogP contribution in [-0.4, -0.2) is 13.4 Å². The summed E-state index contributed by atoms with van der Waals surface area (Å²) in [6.07, 6.45) is 0.921. The number of anilines is 1. The fraction of sp³-hybridized carbons (Fsp3) is 0. The summed E-state index contributed by atoms with van der Waals surface area (Å²) in [5.74, 6) is -0.558. The number of benzene rings is 1. The molecule has 8 heteroatoms. The van der Waals surface area contributed by atoms with Gasteiger partial charge >= 0.3 is 0 Å². The average Bonchev–Trinajstić information content (AvgIpc) is 2.33. The number of hydrogen-bond acceptors (Lipinski definition) is 3. The third-order valence-corrected chi connectivity index (χ3v) is 4.37. The Morgan fingerprint density at radius 1 is 1.26 bits per heavy atom. The van der Waals surface area contributed by atoms with Gasteiger partial charge < -0.3 is 0 Å². The molecule has 0 bridgehead atoms. The monoisotopic (exact) mass is 364 g/mol. The molecule has 1 N–H and O–H groups in total. The largest absolute Gasteiger partial charge is 0.263 e. The van der Waals surface area contributed by atoms with Crippen molar-refractivity contribution in [1.82, 2.24) is 4.98 Å². The van der Waals surface area contributed by atoms with Gasteiger partial charge in [0.15, 0.2) is 5.82 Å². The Kier molecular flexibility index (Phi) is 4.07. The summed E-state index contributed by atoms with van der Waals surface area (Å²) < 4.78 is 39.4. The van der Waals surface area contributed by atoms with Gasteiger partial charge in [-0.25, -0.2) is 17.8 Å². The molecule has 1 aromatic carbocycles. The van der Waals surface area contributed by atoms with Crippen LogP contribution in [0.4, 0.5) is 10.2 Å². The van der Waals surface area contributed by atoms with Crippen LogP contribution in [0.25, 0.3) is 0 Å². The molecule has 100 valence electrons. The predicted molar refractivity (Wildman–Crippen MR) is 74.2 cm³/mol. The van der Waals surface area contributed by atoms with Crippen LogP contribution >= 0.6 is 27.5 Å². The Hall–Kier alpha value is -1.18. The molecule has 0 unspecified atom stereocenters. The van der Waals surface area contributed by atoms with E-state index in [0.29, 0.717) is 5.02 Å². The van der Waals surface area contributed by atoms with E-state index in [1.54, 1.807) is 0 Å². The number of nitrogens with zero attached hydrogens (tertiary/aromatic N) is 1. The SMILES string of the molecule is O=S(=O)(Nc1ncc(F)cc1Br)c1ccc(Cl)cc1. The molecule has 0 atom stereocenters. The van der Waals surface area contributed by atoms with Crippen LogP contribution in [0, 0.1) is 5.82 Å². The minimum absolute atomic E-state index is 0.0105. The standard InChI is InChI=1S/C11H7BrClFN2O2S/c12-10-5-8(14)6-15-11(10)16-19(17,18)9-3-1-7(13)2-4-9/h1-6H,(H,15,16). The lowest BCUT2D eigenvalue weighted by molar-refractivity contribution is 0.600. The number of sulfonamides is 1. The molecule has 2 rings (SSSR count). The molecule has 0 aliphatic carbocycles. The molecule has 0 aliphatic heterocycles. The maximum absolute atomic E-state index is 12.9. The van der Waals surface area contributed by atoms with Crippen LogP contribution in [0.3, 0.4) is 0 Å². The number of aromatic nitrogens is 1. The zero-order valence-electron chi connectivity index (χ0n) is 9.27. The zero-order valence-corrected chi connectivity index (χ0v) is 12.4. The second-order valence-electron chi connectivity index (χ2n) is 3.54. The van der Waals surface area contributed by atoms with Gasteiger partial charge in [-0.2, -0.15) is 0 Å². The molecule has 1 aromatic heterocycles.